The maximum atomic E-state index is 11.7. The van der Waals surface area contributed by atoms with E-state index >= 15 is 0 Å². The molecule has 0 unspecified atom stereocenters. The lowest BCUT2D eigenvalue weighted by atomic mass is 10.3. The number of aryl methyl sites for hydroxylation is 1. The van der Waals surface area contributed by atoms with Crippen LogP contribution >= 0.6 is 0 Å². The van der Waals surface area contributed by atoms with Crippen LogP contribution in [0.1, 0.15) is 24.3 Å². The largest absolute Gasteiger partial charge is 0.351 e. The van der Waals surface area contributed by atoms with Crippen molar-refractivity contribution < 1.29 is 9.59 Å². The number of hydrogen-bond acceptors (Lipinski definition) is 3. The minimum absolute atomic E-state index is 0.265. The highest BCUT2D eigenvalue weighted by atomic mass is 16.2. The Labute approximate surface area is 94.3 Å². The molecule has 0 radical (unpaired) electrons. The van der Waals surface area contributed by atoms with Gasteiger partial charge in [0.2, 0.25) is 6.41 Å². The van der Waals surface area contributed by atoms with Crippen molar-refractivity contribution in [2.45, 2.75) is 13.8 Å². The smallest absolute Gasteiger partial charge is 0.273 e. The molecule has 0 aromatic carbocycles. The highest BCUT2D eigenvalue weighted by Crippen LogP contribution is 2.17. The lowest BCUT2D eigenvalue weighted by Crippen LogP contribution is -2.29. The Balaban J connectivity index is 3.11. The van der Waals surface area contributed by atoms with Gasteiger partial charge in [-0.3, -0.25) is 14.5 Å². The van der Waals surface area contributed by atoms with Crippen LogP contribution in [0.4, 0.5) is 5.82 Å². The molecule has 0 spiro atoms. The summed E-state index contributed by atoms with van der Waals surface area (Å²) in [6.07, 6.45) is 2.21. The van der Waals surface area contributed by atoms with E-state index < -0.39 is 0 Å². The van der Waals surface area contributed by atoms with Crippen LogP contribution in [0.15, 0.2) is 6.33 Å². The van der Waals surface area contributed by atoms with Crippen LogP contribution in [0.2, 0.25) is 0 Å². The first-order valence-electron chi connectivity index (χ1n) is 5.17. The number of aromatic nitrogens is 2. The van der Waals surface area contributed by atoms with Gasteiger partial charge in [-0.15, -0.1) is 0 Å². The number of carbonyl (C=O) groups excluding carboxylic acids is 2. The van der Waals surface area contributed by atoms with Crippen LogP contribution in [-0.2, 0) is 11.8 Å². The number of imidazole rings is 1. The molecule has 2 amide bonds. The molecule has 0 aliphatic rings. The van der Waals surface area contributed by atoms with Crippen molar-refractivity contribution in [2.24, 2.45) is 7.05 Å². The molecule has 1 heterocycles. The maximum Gasteiger partial charge on any atom is 0.273 e. The number of nitrogens with one attached hydrogen (secondary N) is 1. The molecule has 1 N–H and O–H groups in total. The predicted octanol–water partition coefficient (Wildman–Crippen LogP) is 0.153. The van der Waals surface area contributed by atoms with Gasteiger partial charge in [0, 0.05) is 20.1 Å². The predicted molar refractivity (Wildman–Crippen MR) is 60.3 cm³/mol. The summed E-state index contributed by atoms with van der Waals surface area (Å²) in [6, 6.07) is 0. The third kappa shape index (κ3) is 2.21. The van der Waals surface area contributed by atoms with Crippen LogP contribution in [0.5, 0.6) is 0 Å². The van der Waals surface area contributed by atoms with Crippen molar-refractivity contribution in [3.63, 3.8) is 0 Å². The van der Waals surface area contributed by atoms with Gasteiger partial charge in [0.25, 0.3) is 5.91 Å². The SMILES string of the molecule is CCNC(=O)c1ncn(C)c1N(C=O)CC. The standard InChI is InChI=1S/C10H16N4O2/c1-4-11-9(16)8-10(13(3)6-12-8)14(5-2)7-15/h6-7H,4-5H2,1-3H3,(H,11,16). The first-order chi connectivity index (χ1) is 7.65. The molecule has 1 rings (SSSR count). The summed E-state index contributed by atoms with van der Waals surface area (Å²) in [5.74, 6) is 0.252. The number of amides is 2. The Morgan fingerprint density at radius 1 is 1.62 bits per heavy atom. The zero-order chi connectivity index (χ0) is 12.1. The fourth-order valence-electron chi connectivity index (χ4n) is 1.44. The molecule has 88 valence electrons. The zero-order valence-corrected chi connectivity index (χ0v) is 9.73. The van der Waals surface area contributed by atoms with Crippen molar-refractivity contribution in [2.75, 3.05) is 18.0 Å². The van der Waals surface area contributed by atoms with Crippen LogP contribution < -0.4 is 10.2 Å². The third-order valence-corrected chi connectivity index (χ3v) is 2.20. The average molecular weight is 224 g/mol. The van der Waals surface area contributed by atoms with E-state index in [2.05, 4.69) is 10.3 Å². The van der Waals surface area contributed by atoms with Crippen molar-refractivity contribution in [1.29, 1.82) is 0 Å². The second kappa shape index (κ2) is 5.29. The molecule has 0 bridgehead atoms. The summed E-state index contributed by atoms with van der Waals surface area (Å²) < 4.78 is 1.66. The van der Waals surface area contributed by atoms with E-state index in [1.165, 1.54) is 11.2 Å². The zero-order valence-electron chi connectivity index (χ0n) is 9.73. The quantitative estimate of drug-likeness (QED) is 0.724. The second-order valence-corrected chi connectivity index (χ2v) is 3.28. The molecule has 0 aliphatic carbocycles. The number of rotatable bonds is 5. The summed E-state index contributed by atoms with van der Waals surface area (Å²) in [6.45, 7) is 4.69. The van der Waals surface area contributed by atoms with Gasteiger partial charge in [-0.1, -0.05) is 0 Å². The van der Waals surface area contributed by atoms with Gasteiger partial charge in [-0.05, 0) is 13.8 Å². The Kier molecular flexibility index (Phi) is 4.04. The van der Waals surface area contributed by atoms with E-state index in [0.717, 1.165) is 0 Å². The van der Waals surface area contributed by atoms with E-state index in [0.29, 0.717) is 25.3 Å². The number of nitrogens with zero attached hydrogens (tertiary/aromatic N) is 3. The van der Waals surface area contributed by atoms with Crippen molar-refractivity contribution in [3.05, 3.63) is 12.0 Å². The highest BCUT2D eigenvalue weighted by Gasteiger charge is 2.20. The van der Waals surface area contributed by atoms with Crippen LogP contribution in [0.25, 0.3) is 0 Å². The maximum absolute atomic E-state index is 11.7. The fourth-order valence-corrected chi connectivity index (χ4v) is 1.44. The molecule has 1 aromatic rings. The lowest BCUT2D eigenvalue weighted by molar-refractivity contribution is -0.107. The normalized spacial score (nSPS) is 9.94. The first-order valence-corrected chi connectivity index (χ1v) is 5.17. The van der Waals surface area contributed by atoms with Gasteiger partial charge in [0.1, 0.15) is 5.82 Å². The molecule has 0 saturated heterocycles. The molecular weight excluding hydrogens is 208 g/mol. The average Bonchev–Trinajstić information content (AvgIpc) is 2.64. The number of anilines is 1. The Morgan fingerprint density at radius 3 is 2.81 bits per heavy atom. The topological polar surface area (TPSA) is 67.2 Å². The van der Waals surface area contributed by atoms with E-state index in [9.17, 15) is 9.59 Å². The lowest BCUT2D eigenvalue weighted by Gasteiger charge is -2.16. The summed E-state index contributed by atoms with van der Waals surface area (Å²) in [5.41, 5.74) is 0.276. The van der Waals surface area contributed by atoms with Gasteiger partial charge in [0.05, 0.1) is 6.33 Å². The number of hydrogen-bond donors (Lipinski definition) is 1. The molecule has 16 heavy (non-hydrogen) atoms. The van der Waals surface area contributed by atoms with Crippen molar-refractivity contribution >= 4 is 18.1 Å². The first kappa shape index (κ1) is 12.2. The van der Waals surface area contributed by atoms with E-state index in [1.807, 2.05) is 13.8 Å². The van der Waals surface area contributed by atoms with Crippen LogP contribution in [-0.4, -0.2) is 35.0 Å². The molecule has 0 aliphatic heterocycles. The Hall–Kier alpha value is -1.85. The van der Waals surface area contributed by atoms with Crippen molar-refractivity contribution in [1.82, 2.24) is 14.9 Å². The molecule has 0 saturated carbocycles. The number of carbonyl (C=O) groups is 2. The molecular formula is C10H16N4O2. The van der Waals surface area contributed by atoms with Crippen LogP contribution in [0, 0.1) is 0 Å². The third-order valence-electron chi connectivity index (χ3n) is 2.20. The van der Waals surface area contributed by atoms with Crippen molar-refractivity contribution in [3.8, 4) is 0 Å². The molecule has 0 fully saturated rings. The summed E-state index contributed by atoms with van der Waals surface area (Å²) >= 11 is 0. The monoisotopic (exact) mass is 224 g/mol. The van der Waals surface area contributed by atoms with E-state index in [4.69, 9.17) is 0 Å². The summed E-state index contributed by atoms with van der Waals surface area (Å²) in [7, 11) is 1.75. The molecule has 0 atom stereocenters. The minimum atomic E-state index is -0.265. The Bertz CT molecular complexity index is 386. The van der Waals surface area contributed by atoms with Crippen LogP contribution in [0.3, 0.4) is 0 Å². The summed E-state index contributed by atoms with van der Waals surface area (Å²) in [5, 5.41) is 2.66. The highest BCUT2D eigenvalue weighted by molar-refractivity contribution is 5.99. The molecule has 6 heteroatoms. The second-order valence-electron chi connectivity index (χ2n) is 3.28. The summed E-state index contributed by atoms with van der Waals surface area (Å²) in [4.78, 5) is 28.0. The minimum Gasteiger partial charge on any atom is -0.351 e. The van der Waals surface area contributed by atoms with E-state index in [-0.39, 0.29) is 11.6 Å². The van der Waals surface area contributed by atoms with Gasteiger partial charge in [-0.2, -0.15) is 0 Å². The molecule has 6 nitrogen and oxygen atoms in total. The Morgan fingerprint density at radius 2 is 2.31 bits per heavy atom. The van der Waals surface area contributed by atoms with Gasteiger partial charge < -0.3 is 9.88 Å². The van der Waals surface area contributed by atoms with Gasteiger partial charge in [0.15, 0.2) is 5.69 Å². The van der Waals surface area contributed by atoms with Gasteiger partial charge in [-0.25, -0.2) is 4.98 Å². The van der Waals surface area contributed by atoms with Gasteiger partial charge >= 0.3 is 0 Å². The van der Waals surface area contributed by atoms with E-state index in [1.54, 1.807) is 11.6 Å². The molecule has 1 aromatic heterocycles. The fraction of sp³-hybridized carbons (Fsp3) is 0.500.